The van der Waals surface area contributed by atoms with Crippen molar-refractivity contribution in [1.29, 1.82) is 0 Å². The summed E-state index contributed by atoms with van der Waals surface area (Å²) in [5.74, 6) is 0. The number of hydrogen-bond donors (Lipinski definition) is 0. The highest BCUT2D eigenvalue weighted by atomic mass is 16.3. The second-order valence-electron chi connectivity index (χ2n) is 15.4. The minimum atomic E-state index is -0.00224. The smallest absolute Gasteiger partial charge is 0.294 e. The normalized spacial score (nSPS) is 15.4. The maximum atomic E-state index is 5.89. The van der Waals surface area contributed by atoms with E-state index in [9.17, 15) is 0 Å². The molecule has 54 heavy (non-hydrogen) atoms. The van der Waals surface area contributed by atoms with E-state index in [1.807, 2.05) is 6.26 Å². The van der Waals surface area contributed by atoms with Crippen LogP contribution in [0.4, 0.5) is 34.1 Å². The second-order valence-corrected chi connectivity index (χ2v) is 15.4. The summed E-state index contributed by atoms with van der Waals surface area (Å²) in [6.45, 7) is -0.00224. The van der Waals surface area contributed by atoms with Gasteiger partial charge in [0.1, 0.15) is 5.58 Å². The van der Waals surface area contributed by atoms with E-state index >= 15 is 0 Å². The van der Waals surface area contributed by atoms with Gasteiger partial charge in [-0.1, -0.05) is 60.7 Å². The largest absolute Gasteiger partial charge is 0.464 e. The summed E-state index contributed by atoms with van der Waals surface area (Å²) < 4.78 is 11.3. The standard InChI is InChI=1S/C48H39BN4O/c1-4-15-33(16-5-1)50-41-25-14-26-42-44(41)49(47-45(50)37-21-10-12-23-39(37)52(47)35-19-8-3-9-20-35)48-46(51(42)34-17-6-2-7-18-34)38-22-11-13-24-40(38)53(48)36-27-28-43-32(31-36)29-30-54-43/h1-9,14-20,25-31H,10-13,21-24H2. The molecule has 4 aliphatic rings. The Balaban J connectivity index is 1.28. The molecule has 5 heterocycles. The molecule has 0 unspecified atom stereocenters. The number of hydrogen-bond acceptors (Lipinski definition) is 3. The number of anilines is 6. The van der Waals surface area contributed by atoms with Crippen molar-refractivity contribution in [3.63, 3.8) is 0 Å². The van der Waals surface area contributed by atoms with Gasteiger partial charge in [0.15, 0.2) is 0 Å². The Hall–Kier alpha value is -6.14. The van der Waals surface area contributed by atoms with Crippen molar-refractivity contribution in [3.8, 4) is 11.4 Å². The average molecular weight is 699 g/mol. The van der Waals surface area contributed by atoms with Gasteiger partial charge in [-0.3, -0.25) is 0 Å². The van der Waals surface area contributed by atoms with Crippen LogP contribution in [0.15, 0.2) is 144 Å². The van der Waals surface area contributed by atoms with Crippen molar-refractivity contribution in [1.82, 2.24) is 9.13 Å². The van der Waals surface area contributed by atoms with Gasteiger partial charge in [0.05, 0.1) is 17.6 Å². The number of fused-ring (bicyclic) bond motifs is 9. The first-order valence-corrected chi connectivity index (χ1v) is 19.7. The lowest BCUT2D eigenvalue weighted by molar-refractivity contribution is 0.616. The van der Waals surface area contributed by atoms with E-state index in [0.717, 1.165) is 36.7 Å². The van der Waals surface area contributed by atoms with Crippen molar-refractivity contribution in [2.75, 3.05) is 9.80 Å². The monoisotopic (exact) mass is 698 g/mol. The molecule has 260 valence electrons. The maximum absolute atomic E-state index is 5.89. The lowest BCUT2D eigenvalue weighted by Crippen LogP contribution is -2.64. The Labute approximate surface area is 315 Å². The molecule has 8 aromatic rings. The molecule has 0 saturated heterocycles. The molecule has 12 rings (SSSR count). The minimum absolute atomic E-state index is 0.00224. The van der Waals surface area contributed by atoms with Crippen molar-refractivity contribution < 1.29 is 4.42 Å². The molecule has 2 aliphatic carbocycles. The van der Waals surface area contributed by atoms with Gasteiger partial charge in [0.2, 0.25) is 0 Å². The second kappa shape index (κ2) is 11.7. The van der Waals surface area contributed by atoms with Gasteiger partial charge < -0.3 is 23.4 Å². The Kier molecular flexibility index (Phi) is 6.56. The van der Waals surface area contributed by atoms with Gasteiger partial charge in [-0.2, -0.15) is 0 Å². The number of furan rings is 1. The van der Waals surface area contributed by atoms with Crippen LogP contribution in [0.2, 0.25) is 0 Å². The topological polar surface area (TPSA) is 29.5 Å². The van der Waals surface area contributed by atoms with Gasteiger partial charge in [0.25, 0.3) is 6.71 Å². The number of rotatable bonds is 4. The molecule has 0 amide bonds. The van der Waals surface area contributed by atoms with E-state index in [1.54, 1.807) is 0 Å². The van der Waals surface area contributed by atoms with E-state index in [4.69, 9.17) is 4.42 Å². The third-order valence-electron chi connectivity index (χ3n) is 12.5. The van der Waals surface area contributed by atoms with E-state index in [0.29, 0.717) is 0 Å². The van der Waals surface area contributed by atoms with Crippen LogP contribution in [0.1, 0.15) is 48.2 Å². The molecule has 5 aromatic carbocycles. The first-order chi connectivity index (χ1) is 26.8. The van der Waals surface area contributed by atoms with Gasteiger partial charge >= 0.3 is 0 Å². The number of benzene rings is 5. The van der Waals surface area contributed by atoms with Crippen molar-refractivity contribution in [3.05, 3.63) is 162 Å². The summed E-state index contributed by atoms with van der Waals surface area (Å²) in [7, 11) is 0. The SMILES string of the molecule is c1ccc(N2c3cccc4c3B(c3c2c2c(n3-c3ccccc3)CCCC2)c2c(c3c(n2-c2ccc5occc5c2)CCCC3)N4c2ccccc2)cc1. The quantitative estimate of drug-likeness (QED) is 0.172. The van der Waals surface area contributed by atoms with Crippen LogP contribution in [0.25, 0.3) is 22.3 Å². The first-order valence-electron chi connectivity index (χ1n) is 19.7. The summed E-state index contributed by atoms with van der Waals surface area (Å²) in [6.07, 6.45) is 10.9. The fourth-order valence-electron chi connectivity index (χ4n) is 10.4. The van der Waals surface area contributed by atoms with Gasteiger partial charge in [-0.25, -0.2) is 0 Å². The van der Waals surface area contributed by atoms with Gasteiger partial charge in [0, 0.05) is 62.1 Å². The Morgan fingerprint density at radius 3 is 1.56 bits per heavy atom. The summed E-state index contributed by atoms with van der Waals surface area (Å²) in [4.78, 5) is 5.23. The molecule has 3 aromatic heterocycles. The van der Waals surface area contributed by atoms with Gasteiger partial charge in [-0.05, 0) is 141 Å². The average Bonchev–Trinajstić information content (AvgIpc) is 3.94. The van der Waals surface area contributed by atoms with Crippen LogP contribution in [0, 0.1) is 0 Å². The molecule has 0 radical (unpaired) electrons. The highest BCUT2D eigenvalue weighted by Gasteiger charge is 2.51. The molecule has 5 nitrogen and oxygen atoms in total. The predicted octanol–water partition coefficient (Wildman–Crippen LogP) is 9.85. The number of nitrogens with zero attached hydrogens (tertiary/aromatic N) is 4. The Bertz CT molecular complexity index is 2730. The molecule has 0 bridgehead atoms. The fraction of sp³-hybridized carbons (Fsp3) is 0.167. The molecule has 2 aliphatic heterocycles. The van der Waals surface area contributed by atoms with Crippen LogP contribution in [0.5, 0.6) is 0 Å². The van der Waals surface area contributed by atoms with E-state index < -0.39 is 0 Å². The van der Waals surface area contributed by atoms with Crippen LogP contribution in [0.3, 0.4) is 0 Å². The number of para-hydroxylation sites is 3. The van der Waals surface area contributed by atoms with Crippen molar-refractivity contribution in [2.24, 2.45) is 0 Å². The van der Waals surface area contributed by atoms with E-state index in [1.165, 1.54) is 110 Å². The Morgan fingerprint density at radius 1 is 0.463 bits per heavy atom. The minimum Gasteiger partial charge on any atom is -0.464 e. The van der Waals surface area contributed by atoms with Crippen LogP contribution in [-0.4, -0.2) is 15.8 Å². The molecular weight excluding hydrogens is 659 g/mol. The highest BCUT2D eigenvalue weighted by molar-refractivity contribution is 7.00. The van der Waals surface area contributed by atoms with Gasteiger partial charge in [-0.15, -0.1) is 0 Å². The lowest BCUT2D eigenvalue weighted by atomic mass is 9.36. The van der Waals surface area contributed by atoms with Crippen molar-refractivity contribution >= 4 is 68.5 Å². The van der Waals surface area contributed by atoms with Crippen LogP contribution < -0.4 is 26.4 Å². The molecule has 0 spiro atoms. The summed E-state index contributed by atoms with van der Waals surface area (Å²) >= 11 is 0. The van der Waals surface area contributed by atoms with Crippen LogP contribution >= 0.6 is 0 Å². The first kappa shape index (κ1) is 30.3. The Morgan fingerprint density at radius 2 is 0.981 bits per heavy atom. The fourth-order valence-corrected chi connectivity index (χ4v) is 10.4. The summed E-state index contributed by atoms with van der Waals surface area (Å²) in [6, 6.07) is 49.4. The zero-order valence-electron chi connectivity index (χ0n) is 30.2. The molecule has 6 heteroatoms. The van der Waals surface area contributed by atoms with E-state index in [-0.39, 0.29) is 6.71 Å². The predicted molar refractivity (Wildman–Crippen MR) is 222 cm³/mol. The molecule has 0 N–H and O–H groups in total. The molecule has 0 atom stereocenters. The highest BCUT2D eigenvalue weighted by Crippen LogP contribution is 2.49. The molecular formula is C48H39BN4O. The zero-order chi connectivity index (χ0) is 35.3. The zero-order valence-corrected chi connectivity index (χ0v) is 30.2. The third-order valence-corrected chi connectivity index (χ3v) is 12.5. The summed E-state index contributed by atoms with van der Waals surface area (Å²) in [5.41, 5.74) is 21.2. The maximum Gasteiger partial charge on any atom is 0.294 e. The number of aromatic nitrogens is 2. The summed E-state index contributed by atoms with van der Waals surface area (Å²) in [5, 5.41) is 1.14. The van der Waals surface area contributed by atoms with Crippen molar-refractivity contribution in [2.45, 2.75) is 51.4 Å². The molecule has 0 fully saturated rings. The lowest BCUT2D eigenvalue weighted by Gasteiger charge is -2.43. The van der Waals surface area contributed by atoms with Crippen LogP contribution in [-0.2, 0) is 25.7 Å². The third kappa shape index (κ3) is 4.17. The molecule has 0 saturated carbocycles. The van der Waals surface area contributed by atoms with E-state index in [2.05, 4.69) is 152 Å².